The summed E-state index contributed by atoms with van der Waals surface area (Å²) in [4.78, 5) is 26.4. The molecule has 0 radical (unpaired) electrons. The number of hydroxylamine groups is 1. The van der Waals surface area contributed by atoms with Crippen molar-refractivity contribution in [2.75, 3.05) is 5.32 Å². The minimum Gasteiger partial charge on any atom is -0.361 e. The summed E-state index contributed by atoms with van der Waals surface area (Å²) in [5.41, 5.74) is 5.51. The fourth-order valence-corrected chi connectivity index (χ4v) is 2.88. The van der Waals surface area contributed by atoms with E-state index in [2.05, 4.69) is 16.4 Å². The Morgan fingerprint density at radius 1 is 0.923 bits per heavy atom. The van der Waals surface area contributed by atoms with E-state index in [4.69, 9.17) is 5.21 Å². The molecule has 134 valence electrons. The van der Waals surface area contributed by atoms with Crippen LogP contribution in [0.15, 0.2) is 54.7 Å². The lowest BCUT2D eigenvalue weighted by atomic mass is 10.1. The molecule has 0 aliphatic carbocycles. The van der Waals surface area contributed by atoms with Crippen LogP contribution < -0.4 is 10.8 Å². The molecule has 1 aromatic heterocycles. The summed E-state index contributed by atoms with van der Waals surface area (Å²) >= 11 is 0. The molecule has 0 atom stereocenters. The summed E-state index contributed by atoms with van der Waals surface area (Å²) in [6.45, 7) is 0. The molecule has 0 aliphatic rings. The standard InChI is InChI=1S/C20H21N3O3/c24-19(12-8-15-13-21-18-4-2-1-3-17(15)18)22-16-9-5-14(6-10-16)7-11-20(25)23-26/h1-6,9-10,13,21,26H,7-8,11-12H2,(H,22,24)(H,23,25). The Morgan fingerprint density at radius 2 is 1.65 bits per heavy atom. The number of carbonyl (C=O) groups is 2. The van der Waals surface area contributed by atoms with Crippen molar-refractivity contribution in [1.29, 1.82) is 0 Å². The van der Waals surface area contributed by atoms with E-state index in [1.54, 1.807) is 5.48 Å². The average Bonchev–Trinajstić information content (AvgIpc) is 3.09. The molecule has 3 rings (SSSR count). The van der Waals surface area contributed by atoms with Crippen LogP contribution in [-0.2, 0) is 22.4 Å². The molecule has 0 saturated carbocycles. The van der Waals surface area contributed by atoms with Crippen molar-refractivity contribution in [3.8, 4) is 0 Å². The Kier molecular flexibility index (Phi) is 5.66. The lowest BCUT2D eigenvalue weighted by Crippen LogP contribution is -2.18. The van der Waals surface area contributed by atoms with Gasteiger partial charge in [0, 0.05) is 35.6 Å². The van der Waals surface area contributed by atoms with Gasteiger partial charge < -0.3 is 10.3 Å². The maximum Gasteiger partial charge on any atom is 0.243 e. The largest absolute Gasteiger partial charge is 0.361 e. The Labute approximate surface area is 151 Å². The van der Waals surface area contributed by atoms with E-state index in [9.17, 15) is 9.59 Å². The average molecular weight is 351 g/mol. The van der Waals surface area contributed by atoms with Crippen LogP contribution in [0.3, 0.4) is 0 Å². The van der Waals surface area contributed by atoms with Crippen LogP contribution >= 0.6 is 0 Å². The van der Waals surface area contributed by atoms with Crippen molar-refractivity contribution in [3.63, 3.8) is 0 Å². The van der Waals surface area contributed by atoms with E-state index < -0.39 is 5.91 Å². The first-order valence-corrected chi connectivity index (χ1v) is 8.52. The van der Waals surface area contributed by atoms with E-state index in [0.29, 0.717) is 19.3 Å². The van der Waals surface area contributed by atoms with E-state index in [0.717, 1.165) is 27.7 Å². The van der Waals surface area contributed by atoms with E-state index >= 15 is 0 Å². The Balaban J connectivity index is 1.51. The number of aromatic nitrogens is 1. The number of hydrogen-bond acceptors (Lipinski definition) is 3. The molecule has 3 aromatic rings. The molecule has 26 heavy (non-hydrogen) atoms. The van der Waals surface area contributed by atoms with E-state index in [1.165, 1.54) is 0 Å². The van der Waals surface area contributed by atoms with Gasteiger partial charge in [-0.25, -0.2) is 5.48 Å². The van der Waals surface area contributed by atoms with Gasteiger partial charge in [0.15, 0.2) is 0 Å². The fraction of sp³-hybridized carbons (Fsp3) is 0.200. The number of hydrogen-bond donors (Lipinski definition) is 4. The monoisotopic (exact) mass is 351 g/mol. The quantitative estimate of drug-likeness (QED) is 0.389. The topological polar surface area (TPSA) is 94.2 Å². The van der Waals surface area contributed by atoms with Crippen LogP contribution in [0.4, 0.5) is 5.69 Å². The second kappa shape index (κ2) is 8.31. The van der Waals surface area contributed by atoms with Gasteiger partial charge in [0.25, 0.3) is 0 Å². The first kappa shape index (κ1) is 17.7. The maximum absolute atomic E-state index is 12.2. The predicted molar refractivity (Wildman–Crippen MR) is 99.9 cm³/mol. The fourth-order valence-electron chi connectivity index (χ4n) is 2.88. The summed E-state index contributed by atoms with van der Waals surface area (Å²) in [5.74, 6) is -0.456. The lowest BCUT2D eigenvalue weighted by Gasteiger charge is -2.06. The molecule has 0 spiro atoms. The Bertz CT molecular complexity index is 900. The first-order valence-electron chi connectivity index (χ1n) is 8.52. The third-order valence-electron chi connectivity index (χ3n) is 4.30. The van der Waals surface area contributed by atoms with Crippen LogP contribution in [0, 0.1) is 0 Å². The summed E-state index contributed by atoms with van der Waals surface area (Å²) in [7, 11) is 0. The second-order valence-electron chi connectivity index (χ2n) is 6.14. The molecule has 0 fully saturated rings. The minimum atomic E-state index is -0.417. The number of amides is 2. The molecule has 4 N–H and O–H groups in total. The van der Waals surface area contributed by atoms with Crippen LogP contribution in [0.5, 0.6) is 0 Å². The summed E-state index contributed by atoms with van der Waals surface area (Å²) in [6.07, 6.45) is 3.77. The van der Waals surface area contributed by atoms with E-state index in [-0.39, 0.29) is 12.3 Å². The predicted octanol–water partition coefficient (Wildman–Crippen LogP) is 3.18. The maximum atomic E-state index is 12.2. The number of aryl methyl sites for hydroxylation is 2. The van der Waals surface area contributed by atoms with Crippen molar-refractivity contribution in [2.24, 2.45) is 0 Å². The van der Waals surface area contributed by atoms with Gasteiger partial charge in [-0.15, -0.1) is 0 Å². The third kappa shape index (κ3) is 4.49. The van der Waals surface area contributed by atoms with Gasteiger partial charge in [0.1, 0.15) is 0 Å². The molecule has 6 nitrogen and oxygen atoms in total. The zero-order valence-electron chi connectivity index (χ0n) is 14.3. The molecule has 1 heterocycles. The van der Waals surface area contributed by atoms with Crippen LogP contribution in [-0.4, -0.2) is 22.0 Å². The third-order valence-corrected chi connectivity index (χ3v) is 4.30. The molecule has 0 bridgehead atoms. The van der Waals surface area contributed by atoms with Crippen molar-refractivity contribution in [3.05, 3.63) is 65.9 Å². The highest BCUT2D eigenvalue weighted by Gasteiger charge is 2.07. The number of carbonyl (C=O) groups excluding carboxylic acids is 2. The number of para-hydroxylation sites is 1. The highest BCUT2D eigenvalue weighted by Crippen LogP contribution is 2.19. The highest BCUT2D eigenvalue weighted by atomic mass is 16.5. The zero-order chi connectivity index (χ0) is 18.4. The molecule has 6 heteroatoms. The van der Waals surface area contributed by atoms with Gasteiger partial charge >= 0.3 is 0 Å². The summed E-state index contributed by atoms with van der Waals surface area (Å²) in [6, 6.07) is 15.4. The molecule has 2 amide bonds. The van der Waals surface area contributed by atoms with Crippen molar-refractivity contribution in [2.45, 2.75) is 25.7 Å². The zero-order valence-corrected chi connectivity index (χ0v) is 14.3. The molecule has 2 aromatic carbocycles. The van der Waals surface area contributed by atoms with Crippen LogP contribution in [0.1, 0.15) is 24.0 Å². The highest BCUT2D eigenvalue weighted by molar-refractivity contribution is 5.91. The van der Waals surface area contributed by atoms with Crippen molar-refractivity contribution < 1.29 is 14.8 Å². The second-order valence-corrected chi connectivity index (χ2v) is 6.14. The van der Waals surface area contributed by atoms with Gasteiger partial charge in [-0.1, -0.05) is 30.3 Å². The van der Waals surface area contributed by atoms with Gasteiger partial charge in [-0.3, -0.25) is 14.8 Å². The number of fused-ring (bicyclic) bond motifs is 1. The lowest BCUT2D eigenvalue weighted by molar-refractivity contribution is -0.129. The number of nitrogens with one attached hydrogen (secondary N) is 3. The minimum absolute atomic E-state index is 0.0392. The molecule has 0 unspecified atom stereocenters. The summed E-state index contributed by atoms with van der Waals surface area (Å²) < 4.78 is 0. The van der Waals surface area contributed by atoms with Gasteiger partial charge in [-0.2, -0.15) is 0 Å². The van der Waals surface area contributed by atoms with Gasteiger partial charge in [0.2, 0.25) is 11.8 Å². The van der Waals surface area contributed by atoms with Crippen LogP contribution in [0.2, 0.25) is 0 Å². The number of aromatic amines is 1. The van der Waals surface area contributed by atoms with E-state index in [1.807, 2.05) is 48.7 Å². The Hall–Kier alpha value is -3.12. The summed E-state index contributed by atoms with van der Waals surface area (Å²) in [5, 5.41) is 12.5. The van der Waals surface area contributed by atoms with Crippen molar-refractivity contribution >= 4 is 28.4 Å². The normalized spacial score (nSPS) is 10.7. The Morgan fingerprint density at radius 3 is 2.42 bits per heavy atom. The first-order chi connectivity index (χ1) is 12.7. The van der Waals surface area contributed by atoms with Crippen molar-refractivity contribution in [1.82, 2.24) is 10.5 Å². The number of benzene rings is 2. The van der Waals surface area contributed by atoms with Gasteiger partial charge in [-0.05, 0) is 42.2 Å². The smallest absolute Gasteiger partial charge is 0.243 e. The molecule has 0 aliphatic heterocycles. The molecule has 0 saturated heterocycles. The number of H-pyrrole nitrogens is 1. The SMILES string of the molecule is O=C(CCc1ccc(NC(=O)CCc2c[nH]c3ccccc23)cc1)NO. The number of anilines is 1. The van der Waals surface area contributed by atoms with Crippen LogP contribution in [0.25, 0.3) is 10.9 Å². The molecular formula is C20H21N3O3. The molecular weight excluding hydrogens is 330 g/mol. The number of rotatable bonds is 7. The van der Waals surface area contributed by atoms with Gasteiger partial charge in [0.05, 0.1) is 0 Å².